The molecule has 0 N–H and O–H groups in total. The van der Waals surface area contributed by atoms with Crippen LogP contribution in [0.1, 0.15) is 29.5 Å². The number of hydrogen-bond donors (Lipinski definition) is 0. The van der Waals surface area contributed by atoms with E-state index in [0.29, 0.717) is 5.92 Å². The molecular formula is C22H26N2. The maximum absolute atomic E-state index is 4.19. The fraction of sp³-hybridized carbons (Fsp3) is 0.318. The summed E-state index contributed by atoms with van der Waals surface area (Å²) >= 11 is 0. The molecule has 0 bridgehead atoms. The van der Waals surface area contributed by atoms with Crippen molar-refractivity contribution >= 4 is 0 Å². The lowest BCUT2D eigenvalue weighted by molar-refractivity contribution is 0.388. The minimum atomic E-state index is 0.666. The summed E-state index contributed by atoms with van der Waals surface area (Å²) in [6.07, 6.45) is 10.6. The number of nitrogens with zero attached hydrogens (tertiary/aromatic N) is 2. The first-order valence-corrected chi connectivity index (χ1v) is 8.85. The summed E-state index contributed by atoms with van der Waals surface area (Å²) in [5, 5.41) is 0. The van der Waals surface area contributed by atoms with Gasteiger partial charge in [-0.1, -0.05) is 54.6 Å². The molecule has 0 aliphatic carbocycles. The Hall–Kier alpha value is -2.35. The third-order valence-electron chi connectivity index (χ3n) is 4.80. The molecule has 2 heteroatoms. The average molecular weight is 318 g/mol. The fourth-order valence-electron chi connectivity index (χ4n) is 3.29. The molecule has 2 aromatic carbocycles. The largest absolute Gasteiger partial charge is 0.337 e. The molecule has 3 aromatic rings. The number of imidazole rings is 1. The van der Waals surface area contributed by atoms with Crippen LogP contribution in [0.5, 0.6) is 0 Å². The van der Waals surface area contributed by atoms with Crippen LogP contribution < -0.4 is 0 Å². The third-order valence-corrected chi connectivity index (χ3v) is 4.80. The van der Waals surface area contributed by atoms with Crippen molar-refractivity contribution in [3.8, 4) is 0 Å². The van der Waals surface area contributed by atoms with Crippen LogP contribution in [0.15, 0.2) is 73.3 Å². The number of benzene rings is 2. The van der Waals surface area contributed by atoms with Gasteiger partial charge in [0, 0.05) is 18.9 Å². The van der Waals surface area contributed by atoms with Gasteiger partial charge in [-0.25, -0.2) is 4.98 Å². The smallest absolute Gasteiger partial charge is 0.0945 e. The Morgan fingerprint density at radius 1 is 0.917 bits per heavy atom. The van der Waals surface area contributed by atoms with Gasteiger partial charge in [-0.2, -0.15) is 0 Å². The first-order valence-electron chi connectivity index (χ1n) is 8.85. The Morgan fingerprint density at radius 3 is 2.42 bits per heavy atom. The minimum absolute atomic E-state index is 0.666. The molecular weight excluding hydrogens is 292 g/mol. The topological polar surface area (TPSA) is 17.8 Å². The molecule has 0 radical (unpaired) electrons. The Morgan fingerprint density at radius 2 is 1.67 bits per heavy atom. The van der Waals surface area contributed by atoms with Crippen LogP contribution in [0.2, 0.25) is 0 Å². The zero-order chi connectivity index (χ0) is 16.6. The van der Waals surface area contributed by atoms with Crippen LogP contribution in [0.25, 0.3) is 0 Å². The highest BCUT2D eigenvalue weighted by molar-refractivity contribution is 5.25. The molecule has 0 amide bonds. The van der Waals surface area contributed by atoms with Gasteiger partial charge in [0.1, 0.15) is 0 Å². The molecule has 0 aliphatic rings. The summed E-state index contributed by atoms with van der Waals surface area (Å²) < 4.78 is 2.22. The Kier molecular flexibility index (Phi) is 5.84. The molecule has 2 nitrogen and oxygen atoms in total. The number of aryl methyl sites for hydroxylation is 3. The van der Waals surface area contributed by atoms with E-state index in [-0.39, 0.29) is 0 Å². The van der Waals surface area contributed by atoms with Gasteiger partial charge in [0.25, 0.3) is 0 Å². The van der Waals surface area contributed by atoms with Gasteiger partial charge in [0.15, 0.2) is 0 Å². The minimum Gasteiger partial charge on any atom is -0.337 e. The highest BCUT2D eigenvalue weighted by Gasteiger charge is 2.11. The zero-order valence-electron chi connectivity index (χ0n) is 14.4. The SMILES string of the molecule is Cc1ccccc1CCC(CCc1ccccc1)Cn1ccnc1. The first-order chi connectivity index (χ1) is 11.8. The standard InChI is InChI=1S/C22H26N2/c1-19-7-5-6-10-22(19)14-13-21(17-24-16-15-23-18-24)12-11-20-8-3-2-4-9-20/h2-10,15-16,18,21H,11-14,17H2,1H3. The lowest BCUT2D eigenvalue weighted by Gasteiger charge is -2.18. The second-order valence-electron chi connectivity index (χ2n) is 6.61. The van der Waals surface area contributed by atoms with E-state index >= 15 is 0 Å². The van der Waals surface area contributed by atoms with Gasteiger partial charge in [-0.05, 0) is 55.2 Å². The lowest BCUT2D eigenvalue weighted by atomic mass is 9.92. The Balaban J connectivity index is 1.61. The molecule has 124 valence electrons. The summed E-state index contributed by atoms with van der Waals surface area (Å²) in [7, 11) is 0. The van der Waals surface area contributed by atoms with Crippen LogP contribution in [0.3, 0.4) is 0 Å². The van der Waals surface area contributed by atoms with E-state index in [1.54, 1.807) is 0 Å². The number of aromatic nitrogens is 2. The maximum Gasteiger partial charge on any atom is 0.0945 e. The summed E-state index contributed by atoms with van der Waals surface area (Å²) in [6.45, 7) is 3.27. The van der Waals surface area contributed by atoms with Crippen LogP contribution >= 0.6 is 0 Å². The predicted octanol–water partition coefficient (Wildman–Crippen LogP) is 5.07. The van der Waals surface area contributed by atoms with Crippen molar-refractivity contribution < 1.29 is 0 Å². The third kappa shape index (κ3) is 4.82. The molecule has 3 rings (SSSR count). The van der Waals surface area contributed by atoms with Gasteiger partial charge in [-0.15, -0.1) is 0 Å². The van der Waals surface area contributed by atoms with Gasteiger partial charge in [-0.3, -0.25) is 0 Å². The Labute approximate surface area is 145 Å². The highest BCUT2D eigenvalue weighted by Crippen LogP contribution is 2.20. The van der Waals surface area contributed by atoms with E-state index in [9.17, 15) is 0 Å². The van der Waals surface area contributed by atoms with Crippen LogP contribution in [-0.4, -0.2) is 9.55 Å². The van der Waals surface area contributed by atoms with E-state index in [4.69, 9.17) is 0 Å². The van der Waals surface area contributed by atoms with Crippen molar-refractivity contribution in [1.82, 2.24) is 9.55 Å². The summed E-state index contributed by atoms with van der Waals surface area (Å²) in [6, 6.07) is 19.6. The summed E-state index contributed by atoms with van der Waals surface area (Å²) in [4.78, 5) is 4.19. The molecule has 0 saturated heterocycles. The molecule has 1 atom stereocenters. The van der Waals surface area contributed by atoms with Crippen molar-refractivity contribution in [2.45, 2.75) is 39.2 Å². The second kappa shape index (κ2) is 8.49. The van der Waals surface area contributed by atoms with Crippen LogP contribution in [-0.2, 0) is 19.4 Å². The molecule has 1 heterocycles. The summed E-state index contributed by atoms with van der Waals surface area (Å²) in [5.74, 6) is 0.666. The lowest BCUT2D eigenvalue weighted by Crippen LogP contribution is -2.12. The molecule has 24 heavy (non-hydrogen) atoms. The molecule has 0 fully saturated rings. The van der Waals surface area contributed by atoms with Crippen LogP contribution in [0.4, 0.5) is 0 Å². The van der Waals surface area contributed by atoms with Crippen molar-refractivity contribution in [3.63, 3.8) is 0 Å². The normalized spacial score (nSPS) is 12.2. The van der Waals surface area contributed by atoms with Gasteiger partial charge < -0.3 is 4.57 Å². The quantitative estimate of drug-likeness (QED) is 0.567. The fourth-order valence-corrected chi connectivity index (χ4v) is 3.29. The van der Waals surface area contributed by atoms with Gasteiger partial charge in [0.05, 0.1) is 6.33 Å². The van der Waals surface area contributed by atoms with Crippen molar-refractivity contribution in [3.05, 3.63) is 90.0 Å². The predicted molar refractivity (Wildman–Crippen MR) is 100.0 cm³/mol. The van der Waals surface area contributed by atoms with E-state index < -0.39 is 0 Å². The van der Waals surface area contributed by atoms with Gasteiger partial charge >= 0.3 is 0 Å². The average Bonchev–Trinajstić information content (AvgIpc) is 3.12. The monoisotopic (exact) mass is 318 g/mol. The molecule has 0 aliphatic heterocycles. The first kappa shape index (κ1) is 16.5. The van der Waals surface area contributed by atoms with E-state index in [1.807, 2.05) is 12.5 Å². The molecule has 1 aromatic heterocycles. The van der Waals surface area contributed by atoms with Gasteiger partial charge in [0.2, 0.25) is 0 Å². The number of rotatable bonds is 8. The van der Waals surface area contributed by atoms with E-state index in [2.05, 4.69) is 77.3 Å². The van der Waals surface area contributed by atoms with Crippen molar-refractivity contribution in [2.75, 3.05) is 0 Å². The van der Waals surface area contributed by atoms with Crippen LogP contribution in [0, 0.1) is 12.8 Å². The highest BCUT2D eigenvalue weighted by atomic mass is 15.0. The maximum atomic E-state index is 4.19. The second-order valence-corrected chi connectivity index (χ2v) is 6.61. The Bertz CT molecular complexity index is 717. The number of hydrogen-bond acceptors (Lipinski definition) is 1. The van der Waals surface area contributed by atoms with Crippen molar-refractivity contribution in [2.24, 2.45) is 5.92 Å². The van der Waals surface area contributed by atoms with Crippen molar-refractivity contribution in [1.29, 1.82) is 0 Å². The molecule has 0 saturated carbocycles. The molecule has 0 spiro atoms. The summed E-state index contributed by atoms with van der Waals surface area (Å²) in [5.41, 5.74) is 4.32. The van der Waals surface area contributed by atoms with E-state index in [0.717, 1.165) is 19.4 Å². The molecule has 1 unspecified atom stereocenters. The zero-order valence-corrected chi connectivity index (χ0v) is 14.4. The van der Waals surface area contributed by atoms with E-state index in [1.165, 1.54) is 29.5 Å².